The van der Waals surface area contributed by atoms with Crippen molar-refractivity contribution in [2.75, 3.05) is 0 Å². The van der Waals surface area contributed by atoms with Crippen LogP contribution in [0.5, 0.6) is 0 Å². The van der Waals surface area contributed by atoms with E-state index in [4.69, 9.17) is 5.73 Å². The predicted octanol–water partition coefficient (Wildman–Crippen LogP) is 4.35. The summed E-state index contributed by atoms with van der Waals surface area (Å²) >= 11 is 2.33. The maximum Gasteiger partial charge on any atom is 0.0148 e. The van der Waals surface area contributed by atoms with Crippen molar-refractivity contribution in [3.05, 3.63) is 69.3 Å². The Morgan fingerprint density at radius 2 is 1.63 bits per heavy atom. The van der Waals surface area contributed by atoms with Crippen LogP contribution in [0, 0.1) is 3.57 Å². The molecule has 0 aliphatic heterocycles. The van der Waals surface area contributed by atoms with Crippen LogP contribution in [0.25, 0.3) is 0 Å². The zero-order valence-electron chi connectivity index (χ0n) is 11.2. The Morgan fingerprint density at radius 1 is 1.00 bits per heavy atom. The van der Waals surface area contributed by atoms with E-state index >= 15 is 0 Å². The smallest absolute Gasteiger partial charge is 0.0148 e. The fourth-order valence-electron chi connectivity index (χ4n) is 2.52. The molecule has 0 aromatic heterocycles. The lowest BCUT2D eigenvalue weighted by Crippen LogP contribution is -2.30. The molecule has 0 saturated carbocycles. The molecule has 19 heavy (non-hydrogen) atoms. The summed E-state index contributed by atoms with van der Waals surface area (Å²) in [6.45, 7) is 2.21. The van der Waals surface area contributed by atoms with Crippen LogP contribution in [0.15, 0.2) is 54.6 Å². The fourth-order valence-corrected chi connectivity index (χ4v) is 2.88. The first kappa shape index (κ1) is 14.5. The molecule has 0 bridgehead atoms. The van der Waals surface area contributed by atoms with Gasteiger partial charge in [-0.15, -0.1) is 0 Å². The van der Waals surface area contributed by atoms with Gasteiger partial charge in [0.05, 0.1) is 0 Å². The molecule has 2 aromatic carbocycles. The summed E-state index contributed by atoms with van der Waals surface area (Å²) in [6, 6.07) is 19.4. The molecule has 2 rings (SSSR count). The second kappa shape index (κ2) is 7.06. The van der Waals surface area contributed by atoms with Crippen molar-refractivity contribution in [2.24, 2.45) is 5.73 Å². The second-order valence-electron chi connectivity index (χ2n) is 4.92. The first-order valence-corrected chi connectivity index (χ1v) is 7.83. The van der Waals surface area contributed by atoms with Crippen LogP contribution < -0.4 is 5.73 Å². The van der Waals surface area contributed by atoms with E-state index in [1.807, 2.05) is 0 Å². The summed E-state index contributed by atoms with van der Waals surface area (Å²) in [5.74, 6) is 0.431. The molecule has 0 radical (unpaired) electrons. The van der Waals surface area contributed by atoms with E-state index in [1.165, 1.54) is 14.7 Å². The van der Waals surface area contributed by atoms with E-state index in [-0.39, 0.29) is 6.04 Å². The quantitative estimate of drug-likeness (QED) is 0.783. The van der Waals surface area contributed by atoms with Gasteiger partial charge in [-0.25, -0.2) is 0 Å². The molecule has 0 saturated heterocycles. The highest BCUT2D eigenvalue weighted by Gasteiger charge is 2.18. The Hall–Kier alpha value is -0.870. The lowest BCUT2D eigenvalue weighted by atomic mass is 9.86. The third-order valence-electron chi connectivity index (χ3n) is 3.57. The van der Waals surface area contributed by atoms with Gasteiger partial charge < -0.3 is 5.73 Å². The van der Waals surface area contributed by atoms with E-state index in [1.54, 1.807) is 0 Å². The van der Waals surface area contributed by atoms with Crippen molar-refractivity contribution in [3.63, 3.8) is 0 Å². The summed E-state index contributed by atoms with van der Waals surface area (Å²) in [6.07, 6.45) is 2.01. The highest BCUT2D eigenvalue weighted by molar-refractivity contribution is 14.1. The molecule has 0 spiro atoms. The summed E-state index contributed by atoms with van der Waals surface area (Å²) in [5, 5.41) is 0. The third-order valence-corrected chi connectivity index (χ3v) is 4.29. The number of hydrogen-bond donors (Lipinski definition) is 1. The van der Waals surface area contributed by atoms with E-state index < -0.39 is 0 Å². The predicted molar refractivity (Wildman–Crippen MR) is 90.3 cm³/mol. The van der Waals surface area contributed by atoms with Crippen LogP contribution in [0.3, 0.4) is 0 Å². The van der Waals surface area contributed by atoms with Gasteiger partial charge in [-0.1, -0.05) is 49.4 Å². The van der Waals surface area contributed by atoms with Gasteiger partial charge in [-0.05, 0) is 64.6 Å². The lowest BCUT2D eigenvalue weighted by molar-refractivity contribution is 0.515. The van der Waals surface area contributed by atoms with E-state index in [9.17, 15) is 0 Å². The van der Waals surface area contributed by atoms with Gasteiger partial charge in [0.15, 0.2) is 0 Å². The van der Waals surface area contributed by atoms with Crippen molar-refractivity contribution in [3.8, 4) is 0 Å². The van der Waals surface area contributed by atoms with Crippen LogP contribution >= 0.6 is 22.6 Å². The van der Waals surface area contributed by atoms with E-state index in [2.05, 4.69) is 84.1 Å². The SMILES string of the molecule is CCC(c1ccccc1)C(N)Cc1ccc(I)cc1. The molecule has 0 amide bonds. The highest BCUT2D eigenvalue weighted by atomic mass is 127. The summed E-state index contributed by atoms with van der Waals surface area (Å²) in [7, 11) is 0. The Morgan fingerprint density at radius 3 is 2.21 bits per heavy atom. The molecule has 0 aliphatic rings. The average molecular weight is 365 g/mol. The van der Waals surface area contributed by atoms with Gasteiger partial charge in [0.2, 0.25) is 0 Å². The standard InChI is InChI=1S/C17H20IN/c1-2-16(14-6-4-3-5-7-14)17(19)12-13-8-10-15(18)11-9-13/h3-11,16-17H,2,12,19H2,1H3. The Labute approximate surface area is 129 Å². The van der Waals surface area contributed by atoms with Crippen molar-refractivity contribution in [1.29, 1.82) is 0 Å². The highest BCUT2D eigenvalue weighted by Crippen LogP contribution is 2.24. The summed E-state index contributed by atoms with van der Waals surface area (Å²) in [5.41, 5.74) is 9.10. The van der Waals surface area contributed by atoms with Gasteiger partial charge in [0.25, 0.3) is 0 Å². The van der Waals surface area contributed by atoms with E-state index in [0.29, 0.717) is 5.92 Å². The first-order chi connectivity index (χ1) is 9.20. The average Bonchev–Trinajstić information content (AvgIpc) is 2.43. The monoisotopic (exact) mass is 365 g/mol. The molecule has 2 atom stereocenters. The molecule has 0 heterocycles. The minimum absolute atomic E-state index is 0.174. The van der Waals surface area contributed by atoms with Crippen LogP contribution in [0.2, 0.25) is 0 Å². The molecule has 2 unspecified atom stereocenters. The van der Waals surface area contributed by atoms with Gasteiger partial charge in [-0.2, -0.15) is 0 Å². The van der Waals surface area contributed by atoms with Gasteiger partial charge >= 0.3 is 0 Å². The zero-order chi connectivity index (χ0) is 13.7. The van der Waals surface area contributed by atoms with Gasteiger partial charge in [0, 0.05) is 9.61 Å². The maximum atomic E-state index is 6.43. The molecule has 0 fully saturated rings. The van der Waals surface area contributed by atoms with Gasteiger partial charge in [0.1, 0.15) is 0 Å². The normalized spacial score (nSPS) is 14.1. The van der Waals surface area contributed by atoms with E-state index in [0.717, 1.165) is 12.8 Å². The largest absolute Gasteiger partial charge is 0.327 e. The number of benzene rings is 2. The molecule has 0 aliphatic carbocycles. The lowest BCUT2D eigenvalue weighted by Gasteiger charge is -2.23. The number of hydrogen-bond acceptors (Lipinski definition) is 1. The zero-order valence-corrected chi connectivity index (χ0v) is 13.4. The molecular formula is C17H20IN. The Bertz CT molecular complexity index is 492. The molecular weight excluding hydrogens is 345 g/mol. The molecule has 2 aromatic rings. The van der Waals surface area contributed by atoms with Crippen LogP contribution in [0.1, 0.15) is 30.4 Å². The minimum atomic E-state index is 0.174. The number of rotatable bonds is 5. The fraction of sp³-hybridized carbons (Fsp3) is 0.294. The molecule has 1 nitrogen and oxygen atoms in total. The maximum absolute atomic E-state index is 6.43. The number of halogens is 1. The Balaban J connectivity index is 2.09. The van der Waals surface area contributed by atoms with Crippen molar-refractivity contribution in [2.45, 2.75) is 31.7 Å². The summed E-state index contributed by atoms with van der Waals surface area (Å²) < 4.78 is 1.27. The Kier molecular flexibility index (Phi) is 5.40. The summed E-state index contributed by atoms with van der Waals surface area (Å²) in [4.78, 5) is 0. The van der Waals surface area contributed by atoms with Crippen LogP contribution in [0.4, 0.5) is 0 Å². The van der Waals surface area contributed by atoms with Crippen molar-refractivity contribution in [1.82, 2.24) is 0 Å². The molecule has 2 heteroatoms. The molecule has 100 valence electrons. The first-order valence-electron chi connectivity index (χ1n) is 6.75. The van der Waals surface area contributed by atoms with Gasteiger partial charge in [-0.3, -0.25) is 0 Å². The third kappa shape index (κ3) is 4.05. The second-order valence-corrected chi connectivity index (χ2v) is 6.17. The number of nitrogens with two attached hydrogens (primary N) is 1. The van der Waals surface area contributed by atoms with Crippen molar-refractivity contribution < 1.29 is 0 Å². The minimum Gasteiger partial charge on any atom is -0.327 e. The molecule has 2 N–H and O–H groups in total. The van der Waals surface area contributed by atoms with Crippen LogP contribution in [-0.4, -0.2) is 6.04 Å². The topological polar surface area (TPSA) is 26.0 Å². The van der Waals surface area contributed by atoms with Crippen molar-refractivity contribution >= 4 is 22.6 Å². The van der Waals surface area contributed by atoms with Crippen LogP contribution in [-0.2, 0) is 6.42 Å².